The van der Waals surface area contributed by atoms with Crippen LogP contribution in [0.3, 0.4) is 0 Å². The highest BCUT2D eigenvalue weighted by Crippen LogP contribution is 2.32. The number of amides is 1. The van der Waals surface area contributed by atoms with Crippen molar-refractivity contribution in [2.45, 2.75) is 13.5 Å². The van der Waals surface area contributed by atoms with E-state index in [9.17, 15) is 9.18 Å². The predicted octanol–water partition coefficient (Wildman–Crippen LogP) is 3.73. The van der Waals surface area contributed by atoms with E-state index in [-0.39, 0.29) is 12.4 Å². The van der Waals surface area contributed by atoms with Gasteiger partial charge in [-0.2, -0.15) is 4.80 Å². The van der Waals surface area contributed by atoms with E-state index in [1.807, 2.05) is 6.92 Å². The summed E-state index contributed by atoms with van der Waals surface area (Å²) in [6.07, 6.45) is 0. The third-order valence-electron chi connectivity index (χ3n) is 3.39. The second kappa shape index (κ2) is 7.16. The molecule has 0 aliphatic heterocycles. The van der Waals surface area contributed by atoms with Gasteiger partial charge in [0, 0.05) is 5.56 Å². The summed E-state index contributed by atoms with van der Waals surface area (Å²) in [5, 5.41) is 15.1. The molecule has 0 unspecified atom stereocenters. The molecule has 1 N–H and O–H groups in total. The average molecular weight is 380 g/mol. The van der Waals surface area contributed by atoms with Crippen LogP contribution in [0.1, 0.15) is 5.56 Å². The van der Waals surface area contributed by atoms with Gasteiger partial charge in [-0.15, -0.1) is 10.2 Å². The minimum atomic E-state index is -0.405. The normalized spacial score (nSPS) is 10.7. The van der Waals surface area contributed by atoms with Crippen LogP contribution < -0.4 is 5.32 Å². The first-order chi connectivity index (χ1) is 11.9. The first kappa shape index (κ1) is 17.3. The fourth-order valence-electron chi connectivity index (χ4n) is 2.10. The smallest absolute Gasteiger partial charge is 0.248 e. The van der Waals surface area contributed by atoms with Crippen LogP contribution in [0.25, 0.3) is 11.4 Å². The van der Waals surface area contributed by atoms with E-state index in [1.165, 1.54) is 24.3 Å². The van der Waals surface area contributed by atoms with Crippen LogP contribution >= 0.6 is 23.2 Å². The molecule has 2 aromatic carbocycles. The van der Waals surface area contributed by atoms with Crippen LogP contribution in [0.2, 0.25) is 10.0 Å². The minimum Gasteiger partial charge on any atom is -0.322 e. The highest BCUT2D eigenvalue weighted by atomic mass is 35.5. The third kappa shape index (κ3) is 3.94. The topological polar surface area (TPSA) is 72.7 Å². The fourth-order valence-corrected chi connectivity index (χ4v) is 2.57. The molecule has 3 rings (SSSR count). The van der Waals surface area contributed by atoms with Crippen molar-refractivity contribution in [3.05, 3.63) is 57.8 Å². The zero-order valence-electron chi connectivity index (χ0n) is 13.0. The SMILES string of the molecule is Cc1ccc(Cl)c(NC(=O)Cn2nnc(-c3ccc(F)cc3)n2)c1Cl. The Bertz CT molecular complexity index is 927. The summed E-state index contributed by atoms with van der Waals surface area (Å²) in [5.74, 6) is -0.473. The average Bonchev–Trinajstić information content (AvgIpc) is 3.04. The Kier molecular flexibility index (Phi) is 4.96. The van der Waals surface area contributed by atoms with E-state index in [1.54, 1.807) is 12.1 Å². The molecule has 25 heavy (non-hydrogen) atoms. The lowest BCUT2D eigenvalue weighted by Crippen LogP contribution is -2.21. The Labute approximate surface area is 152 Å². The summed E-state index contributed by atoms with van der Waals surface area (Å²) in [5.41, 5.74) is 1.73. The predicted molar refractivity (Wildman–Crippen MR) is 93.0 cm³/mol. The number of carbonyl (C=O) groups is 1. The maximum atomic E-state index is 12.9. The quantitative estimate of drug-likeness (QED) is 0.749. The summed E-state index contributed by atoms with van der Waals surface area (Å²) in [4.78, 5) is 13.3. The summed E-state index contributed by atoms with van der Waals surface area (Å²) in [7, 11) is 0. The van der Waals surface area contributed by atoms with Crippen molar-refractivity contribution in [1.29, 1.82) is 0 Å². The molecule has 9 heteroatoms. The van der Waals surface area contributed by atoms with Crippen molar-refractivity contribution in [2.24, 2.45) is 0 Å². The summed E-state index contributed by atoms with van der Waals surface area (Å²) in [6, 6.07) is 9.06. The molecule has 128 valence electrons. The molecule has 0 radical (unpaired) electrons. The van der Waals surface area contributed by atoms with Gasteiger partial charge >= 0.3 is 0 Å². The van der Waals surface area contributed by atoms with E-state index in [0.717, 1.165) is 10.4 Å². The second-order valence-corrected chi connectivity index (χ2v) is 6.04. The number of tetrazole rings is 1. The summed E-state index contributed by atoms with van der Waals surface area (Å²) >= 11 is 12.2. The monoisotopic (exact) mass is 379 g/mol. The lowest BCUT2D eigenvalue weighted by atomic mass is 10.2. The van der Waals surface area contributed by atoms with Crippen molar-refractivity contribution >= 4 is 34.8 Å². The molecule has 1 aromatic heterocycles. The Morgan fingerprint density at radius 1 is 1.20 bits per heavy atom. The number of hydrogen-bond donors (Lipinski definition) is 1. The number of aromatic nitrogens is 4. The van der Waals surface area contributed by atoms with Gasteiger partial charge in [-0.25, -0.2) is 4.39 Å². The first-order valence-corrected chi connectivity index (χ1v) is 7.98. The molecule has 6 nitrogen and oxygen atoms in total. The fraction of sp³-hybridized carbons (Fsp3) is 0.125. The molecule has 0 saturated carbocycles. The van der Waals surface area contributed by atoms with Gasteiger partial charge in [0.1, 0.15) is 12.4 Å². The molecule has 0 bridgehead atoms. The standard InChI is InChI=1S/C16H12Cl2FN5O/c1-9-2-7-12(17)15(14(9)18)20-13(25)8-24-22-16(21-23-24)10-3-5-11(19)6-4-10/h2-7H,8H2,1H3,(H,20,25). The molecule has 0 fully saturated rings. The van der Waals surface area contributed by atoms with Crippen LogP contribution in [0, 0.1) is 12.7 Å². The largest absolute Gasteiger partial charge is 0.322 e. The number of anilines is 1. The maximum absolute atomic E-state index is 12.9. The van der Waals surface area contributed by atoms with Crippen LogP contribution in [0.5, 0.6) is 0 Å². The highest BCUT2D eigenvalue weighted by molar-refractivity contribution is 6.40. The Morgan fingerprint density at radius 2 is 1.92 bits per heavy atom. The number of nitrogens with zero attached hydrogens (tertiary/aromatic N) is 4. The Hall–Kier alpha value is -2.51. The number of nitrogens with one attached hydrogen (secondary N) is 1. The molecule has 0 aliphatic carbocycles. The zero-order chi connectivity index (χ0) is 18.0. The molecule has 1 heterocycles. The number of rotatable bonds is 4. The van der Waals surface area contributed by atoms with Gasteiger partial charge in [0.25, 0.3) is 0 Å². The van der Waals surface area contributed by atoms with Gasteiger partial charge < -0.3 is 5.32 Å². The molecule has 0 spiro atoms. The minimum absolute atomic E-state index is 0.172. The van der Waals surface area contributed by atoms with Gasteiger partial charge in [-0.1, -0.05) is 29.3 Å². The van der Waals surface area contributed by atoms with Crippen molar-refractivity contribution < 1.29 is 9.18 Å². The third-order valence-corrected chi connectivity index (χ3v) is 4.19. The molecule has 0 aliphatic rings. The summed E-state index contributed by atoms with van der Waals surface area (Å²) < 4.78 is 12.9. The zero-order valence-corrected chi connectivity index (χ0v) is 14.5. The first-order valence-electron chi connectivity index (χ1n) is 7.22. The Balaban J connectivity index is 1.72. The molecule has 0 saturated heterocycles. The van der Waals surface area contributed by atoms with Crippen LogP contribution in [-0.4, -0.2) is 26.1 Å². The molecule has 0 atom stereocenters. The lowest BCUT2D eigenvalue weighted by molar-refractivity contribution is -0.117. The number of aryl methyl sites for hydroxylation is 1. The van der Waals surface area contributed by atoms with Gasteiger partial charge in [0.15, 0.2) is 0 Å². The van der Waals surface area contributed by atoms with Crippen molar-refractivity contribution in [3.8, 4) is 11.4 Å². The van der Waals surface area contributed by atoms with E-state index in [4.69, 9.17) is 23.2 Å². The van der Waals surface area contributed by atoms with Crippen LogP contribution in [0.4, 0.5) is 10.1 Å². The maximum Gasteiger partial charge on any atom is 0.248 e. The van der Waals surface area contributed by atoms with Crippen LogP contribution in [-0.2, 0) is 11.3 Å². The molecular formula is C16H12Cl2FN5O. The van der Waals surface area contributed by atoms with Crippen molar-refractivity contribution in [1.82, 2.24) is 20.2 Å². The van der Waals surface area contributed by atoms with E-state index >= 15 is 0 Å². The number of hydrogen-bond acceptors (Lipinski definition) is 4. The highest BCUT2D eigenvalue weighted by Gasteiger charge is 2.14. The van der Waals surface area contributed by atoms with Crippen molar-refractivity contribution in [2.75, 3.05) is 5.32 Å². The van der Waals surface area contributed by atoms with Crippen molar-refractivity contribution in [3.63, 3.8) is 0 Å². The van der Waals surface area contributed by atoms with Gasteiger partial charge in [0.2, 0.25) is 11.7 Å². The molecule has 3 aromatic rings. The summed E-state index contributed by atoms with van der Waals surface area (Å²) in [6.45, 7) is 1.64. The second-order valence-electron chi connectivity index (χ2n) is 5.25. The van der Waals surface area contributed by atoms with Crippen LogP contribution in [0.15, 0.2) is 36.4 Å². The van der Waals surface area contributed by atoms with Gasteiger partial charge in [-0.3, -0.25) is 4.79 Å². The number of halogens is 3. The lowest BCUT2D eigenvalue weighted by Gasteiger charge is -2.10. The van der Waals surface area contributed by atoms with E-state index < -0.39 is 5.91 Å². The Morgan fingerprint density at radius 3 is 2.64 bits per heavy atom. The van der Waals surface area contributed by atoms with E-state index in [2.05, 4.69) is 20.7 Å². The van der Waals surface area contributed by atoms with E-state index in [0.29, 0.717) is 27.1 Å². The number of benzene rings is 2. The molecule has 1 amide bonds. The molecular weight excluding hydrogens is 368 g/mol. The van der Waals surface area contributed by atoms with Gasteiger partial charge in [-0.05, 0) is 48.0 Å². The van der Waals surface area contributed by atoms with Gasteiger partial charge in [0.05, 0.1) is 15.7 Å². The number of carbonyl (C=O) groups excluding carboxylic acids is 1.